The molecule has 0 heterocycles. The van der Waals surface area contributed by atoms with Crippen molar-refractivity contribution in [3.8, 4) is 0 Å². The van der Waals surface area contributed by atoms with Gasteiger partial charge in [-0.2, -0.15) is 0 Å². The van der Waals surface area contributed by atoms with Gasteiger partial charge >= 0.3 is 5.97 Å². The molecule has 0 spiro atoms. The van der Waals surface area contributed by atoms with Crippen LogP contribution in [0.5, 0.6) is 0 Å². The number of amides is 2. The Kier molecular flexibility index (Phi) is 19.0. The third-order valence-corrected chi connectivity index (χ3v) is 4.85. The van der Waals surface area contributed by atoms with Gasteiger partial charge in [0, 0.05) is 19.4 Å². The number of carboxylic acids is 1. The van der Waals surface area contributed by atoms with E-state index in [0.29, 0.717) is 19.4 Å². The minimum atomic E-state index is -1.06. The van der Waals surface area contributed by atoms with Crippen LogP contribution in [0.2, 0.25) is 0 Å². The van der Waals surface area contributed by atoms with Crippen molar-refractivity contribution in [3.05, 3.63) is 0 Å². The molecule has 0 unspecified atom stereocenters. The van der Waals surface area contributed by atoms with Gasteiger partial charge in [-0.05, 0) is 12.8 Å². The molecular weight excluding hydrogens is 356 g/mol. The van der Waals surface area contributed by atoms with Gasteiger partial charge in [-0.1, -0.05) is 84.0 Å². The lowest BCUT2D eigenvalue weighted by molar-refractivity contribution is -0.137. The maximum absolute atomic E-state index is 11.7. The molecule has 0 saturated heterocycles. The average Bonchev–Trinajstić information content (AvgIpc) is 2.67. The van der Waals surface area contributed by atoms with Gasteiger partial charge in [-0.3, -0.25) is 14.4 Å². The quantitative estimate of drug-likeness (QED) is 0.262. The Morgan fingerprint density at radius 1 is 0.607 bits per heavy atom. The van der Waals surface area contributed by atoms with Gasteiger partial charge in [0.25, 0.3) is 0 Å². The highest BCUT2D eigenvalue weighted by Crippen LogP contribution is 2.12. The van der Waals surface area contributed by atoms with E-state index >= 15 is 0 Å². The Bertz CT molecular complexity index is 413. The molecule has 0 fully saturated rings. The Balaban J connectivity index is 3.27. The van der Waals surface area contributed by atoms with E-state index in [-0.39, 0.29) is 24.8 Å². The van der Waals surface area contributed by atoms with Gasteiger partial charge in [0.15, 0.2) is 0 Å². The number of hydrogen-bond acceptors (Lipinski definition) is 3. The van der Waals surface area contributed by atoms with Crippen LogP contribution >= 0.6 is 0 Å². The lowest BCUT2D eigenvalue weighted by Crippen LogP contribution is -2.30. The minimum absolute atomic E-state index is 0.0361. The largest absolute Gasteiger partial charge is 0.480 e. The van der Waals surface area contributed by atoms with Crippen molar-refractivity contribution < 1.29 is 19.5 Å². The summed E-state index contributed by atoms with van der Waals surface area (Å²) in [6.45, 7) is 2.35. The summed E-state index contributed by atoms with van der Waals surface area (Å²) in [7, 11) is 0. The zero-order chi connectivity index (χ0) is 20.9. The molecule has 0 aromatic heterocycles. The predicted octanol–water partition coefficient (Wildman–Crippen LogP) is 4.56. The van der Waals surface area contributed by atoms with Crippen LogP contribution in [-0.2, 0) is 14.4 Å². The fraction of sp³-hybridized carbons (Fsp3) is 0.864. The maximum Gasteiger partial charge on any atom is 0.322 e. The molecule has 0 radical (unpaired) electrons. The van der Waals surface area contributed by atoms with Crippen LogP contribution in [0.1, 0.15) is 110 Å². The summed E-state index contributed by atoms with van der Waals surface area (Å²) in [5, 5.41) is 13.6. The van der Waals surface area contributed by atoms with Crippen LogP contribution in [-0.4, -0.2) is 36.0 Å². The molecule has 0 atom stereocenters. The number of carboxylic acid groups (broad SMARTS) is 1. The third-order valence-electron chi connectivity index (χ3n) is 4.85. The van der Waals surface area contributed by atoms with Crippen LogP contribution in [0, 0.1) is 0 Å². The monoisotopic (exact) mass is 398 g/mol. The Morgan fingerprint density at radius 2 is 1.04 bits per heavy atom. The second-order valence-corrected chi connectivity index (χ2v) is 7.62. The number of carbonyl (C=O) groups excluding carboxylic acids is 2. The van der Waals surface area contributed by atoms with Gasteiger partial charge in [0.05, 0.1) is 0 Å². The van der Waals surface area contributed by atoms with Crippen molar-refractivity contribution in [1.82, 2.24) is 10.6 Å². The second kappa shape index (κ2) is 20.2. The molecule has 0 aromatic rings. The van der Waals surface area contributed by atoms with Crippen molar-refractivity contribution in [3.63, 3.8) is 0 Å². The first-order valence-corrected chi connectivity index (χ1v) is 11.3. The fourth-order valence-electron chi connectivity index (χ4n) is 3.13. The third kappa shape index (κ3) is 20.7. The van der Waals surface area contributed by atoms with Crippen LogP contribution < -0.4 is 10.6 Å². The number of nitrogens with one attached hydrogen (secondary N) is 2. The van der Waals surface area contributed by atoms with E-state index < -0.39 is 5.97 Å². The van der Waals surface area contributed by atoms with Crippen molar-refractivity contribution in [2.45, 2.75) is 110 Å². The van der Waals surface area contributed by atoms with E-state index in [9.17, 15) is 14.4 Å². The molecular formula is C22H42N2O4. The first-order chi connectivity index (χ1) is 13.6. The smallest absolute Gasteiger partial charge is 0.322 e. The summed E-state index contributed by atoms with van der Waals surface area (Å²) >= 11 is 0. The van der Waals surface area contributed by atoms with Gasteiger partial charge in [-0.15, -0.1) is 0 Å². The fourth-order valence-corrected chi connectivity index (χ4v) is 3.13. The van der Waals surface area contributed by atoms with E-state index in [1.165, 1.54) is 70.6 Å². The van der Waals surface area contributed by atoms with E-state index in [1.807, 2.05) is 0 Å². The molecule has 6 heteroatoms. The zero-order valence-electron chi connectivity index (χ0n) is 17.9. The number of carbonyl (C=O) groups is 3. The van der Waals surface area contributed by atoms with Crippen LogP contribution in [0.15, 0.2) is 0 Å². The number of unbranched alkanes of at least 4 members (excludes halogenated alkanes) is 12. The number of aliphatic carboxylic acids is 1. The molecule has 0 rings (SSSR count). The van der Waals surface area contributed by atoms with Crippen molar-refractivity contribution in [2.24, 2.45) is 0 Å². The van der Waals surface area contributed by atoms with E-state index in [1.54, 1.807) is 0 Å². The first-order valence-electron chi connectivity index (χ1n) is 11.3. The highest BCUT2D eigenvalue weighted by atomic mass is 16.4. The molecule has 0 bridgehead atoms. The Hall–Kier alpha value is -1.59. The lowest BCUT2D eigenvalue weighted by Gasteiger charge is -2.06. The first kappa shape index (κ1) is 26.4. The molecule has 0 aliphatic heterocycles. The molecule has 6 nitrogen and oxygen atoms in total. The van der Waals surface area contributed by atoms with E-state index in [4.69, 9.17) is 5.11 Å². The summed E-state index contributed by atoms with van der Waals surface area (Å²) in [5.41, 5.74) is 0. The van der Waals surface area contributed by atoms with Crippen LogP contribution in [0.3, 0.4) is 0 Å². The molecule has 164 valence electrons. The molecule has 0 saturated carbocycles. The lowest BCUT2D eigenvalue weighted by atomic mass is 10.0. The number of rotatable bonds is 20. The standard InChI is InChI=1S/C22H42N2O4/c1-2-3-4-5-6-7-8-9-10-11-12-13-14-16-20(25)23-18-15-17-21(26)24-19-22(27)28/h2-19H2,1H3,(H,23,25)(H,24,26)(H,27,28). The minimum Gasteiger partial charge on any atom is -0.480 e. The molecule has 0 aromatic carbocycles. The van der Waals surface area contributed by atoms with Crippen LogP contribution in [0.25, 0.3) is 0 Å². The highest BCUT2D eigenvalue weighted by Gasteiger charge is 2.05. The van der Waals surface area contributed by atoms with Crippen molar-refractivity contribution >= 4 is 17.8 Å². The summed E-state index contributed by atoms with van der Waals surface area (Å²) in [5.74, 6) is -1.32. The van der Waals surface area contributed by atoms with Gasteiger partial charge in [0.2, 0.25) is 11.8 Å². The average molecular weight is 399 g/mol. The Morgan fingerprint density at radius 3 is 1.54 bits per heavy atom. The maximum atomic E-state index is 11.7. The Labute approximate surface area is 171 Å². The van der Waals surface area contributed by atoms with Crippen molar-refractivity contribution in [2.75, 3.05) is 13.1 Å². The topological polar surface area (TPSA) is 95.5 Å². The zero-order valence-corrected chi connectivity index (χ0v) is 17.9. The summed E-state index contributed by atoms with van der Waals surface area (Å²) in [6.07, 6.45) is 18.1. The summed E-state index contributed by atoms with van der Waals surface area (Å²) in [4.78, 5) is 33.3. The highest BCUT2D eigenvalue weighted by molar-refractivity contribution is 5.81. The predicted molar refractivity (Wildman–Crippen MR) is 113 cm³/mol. The molecule has 0 aliphatic carbocycles. The second-order valence-electron chi connectivity index (χ2n) is 7.62. The van der Waals surface area contributed by atoms with Gasteiger partial charge in [0.1, 0.15) is 6.54 Å². The molecule has 3 N–H and O–H groups in total. The molecule has 0 aliphatic rings. The molecule has 28 heavy (non-hydrogen) atoms. The van der Waals surface area contributed by atoms with Crippen molar-refractivity contribution in [1.29, 1.82) is 0 Å². The normalized spacial score (nSPS) is 10.6. The van der Waals surface area contributed by atoms with Crippen LogP contribution in [0.4, 0.5) is 0 Å². The number of hydrogen-bond donors (Lipinski definition) is 3. The summed E-state index contributed by atoms with van der Waals surface area (Å²) in [6, 6.07) is 0. The van der Waals surface area contributed by atoms with Gasteiger partial charge < -0.3 is 15.7 Å². The van der Waals surface area contributed by atoms with Gasteiger partial charge in [-0.25, -0.2) is 0 Å². The SMILES string of the molecule is CCCCCCCCCCCCCCCC(=O)NCCCC(=O)NCC(=O)O. The van der Waals surface area contributed by atoms with E-state index in [2.05, 4.69) is 17.6 Å². The summed E-state index contributed by atoms with van der Waals surface area (Å²) < 4.78 is 0. The molecule has 2 amide bonds. The van der Waals surface area contributed by atoms with E-state index in [0.717, 1.165) is 12.8 Å².